The fourth-order valence-electron chi connectivity index (χ4n) is 2.11. The maximum Gasteiger partial charge on any atom is 0.273 e. The predicted octanol–water partition coefficient (Wildman–Crippen LogP) is 3.15. The van der Waals surface area contributed by atoms with Crippen molar-refractivity contribution in [2.45, 2.75) is 10.6 Å². The molecule has 1 aromatic carbocycles. The summed E-state index contributed by atoms with van der Waals surface area (Å²) in [5.74, 6) is 0. The van der Waals surface area contributed by atoms with Crippen LogP contribution in [0.5, 0.6) is 0 Å². The van der Waals surface area contributed by atoms with E-state index in [-0.39, 0.29) is 0 Å². The number of halogens is 1. The minimum atomic E-state index is -3.41. The van der Waals surface area contributed by atoms with E-state index in [0.717, 1.165) is 11.3 Å². The van der Waals surface area contributed by atoms with Gasteiger partial charge in [-0.2, -0.15) is 0 Å². The summed E-state index contributed by atoms with van der Waals surface area (Å²) in [5.41, 5.74) is 1.73. The molecule has 0 unspecified atom stereocenters. The lowest BCUT2D eigenvalue weighted by Crippen LogP contribution is -2.28. The smallest absolute Gasteiger partial charge is 0.265 e. The number of thiophene rings is 1. The van der Waals surface area contributed by atoms with Crippen molar-refractivity contribution in [1.29, 1.82) is 0 Å². The Hall–Kier alpha value is -1.04. The fraction of sp³-hybridized carbons (Fsp3) is 0.167. The average Bonchev–Trinajstić information content (AvgIpc) is 2.97. The molecular weight excluding hydrogens is 290 g/mol. The number of benzene rings is 1. The van der Waals surface area contributed by atoms with Gasteiger partial charge in [0.1, 0.15) is 4.21 Å². The number of nitrogens with zero attached hydrogens (tertiary/aromatic N) is 1. The van der Waals surface area contributed by atoms with Gasteiger partial charge >= 0.3 is 0 Å². The third kappa shape index (κ3) is 1.83. The van der Waals surface area contributed by atoms with Crippen molar-refractivity contribution in [3.63, 3.8) is 0 Å². The Balaban J connectivity index is 2.08. The van der Waals surface area contributed by atoms with Crippen LogP contribution in [0.3, 0.4) is 0 Å². The first-order valence-corrected chi connectivity index (χ1v) is 8.13. The first-order chi connectivity index (χ1) is 8.59. The van der Waals surface area contributed by atoms with E-state index in [1.165, 1.54) is 15.6 Å². The van der Waals surface area contributed by atoms with Gasteiger partial charge in [0.15, 0.2) is 0 Å². The quantitative estimate of drug-likeness (QED) is 0.854. The maximum absolute atomic E-state index is 12.4. The second-order valence-corrected chi connectivity index (χ2v) is 7.51. The number of sulfonamides is 1. The van der Waals surface area contributed by atoms with E-state index >= 15 is 0 Å². The molecule has 0 radical (unpaired) electrons. The van der Waals surface area contributed by atoms with E-state index in [0.29, 0.717) is 22.2 Å². The number of hydrogen-bond donors (Lipinski definition) is 0. The second kappa shape index (κ2) is 4.26. The van der Waals surface area contributed by atoms with E-state index in [1.807, 2.05) is 6.07 Å². The molecule has 0 atom stereocenters. The lowest BCUT2D eigenvalue weighted by molar-refractivity contribution is 0.594. The molecule has 1 aliphatic rings. The minimum absolute atomic E-state index is 0.380. The highest BCUT2D eigenvalue weighted by Crippen LogP contribution is 2.35. The average molecular weight is 300 g/mol. The lowest BCUT2D eigenvalue weighted by Gasteiger charge is -2.18. The number of anilines is 1. The molecule has 0 fully saturated rings. The molecule has 0 amide bonds. The van der Waals surface area contributed by atoms with Crippen molar-refractivity contribution in [2.24, 2.45) is 0 Å². The summed E-state index contributed by atoms with van der Waals surface area (Å²) in [6.07, 6.45) is 0.709. The standard InChI is InChI=1S/C12H10ClNO2S2/c13-10-3-4-11-9(8-10)5-6-14(11)18(15,16)12-2-1-7-17-12/h1-4,7-8H,5-6H2. The fourth-order valence-corrected chi connectivity index (χ4v) is 4.91. The SMILES string of the molecule is O=S(=O)(c1cccs1)N1CCc2cc(Cl)ccc21. The molecule has 3 rings (SSSR count). The van der Waals surface area contributed by atoms with Gasteiger partial charge in [-0.1, -0.05) is 17.7 Å². The topological polar surface area (TPSA) is 37.4 Å². The molecule has 0 aliphatic carbocycles. The van der Waals surface area contributed by atoms with Crippen molar-refractivity contribution in [1.82, 2.24) is 0 Å². The van der Waals surface area contributed by atoms with Crippen LogP contribution in [-0.2, 0) is 16.4 Å². The van der Waals surface area contributed by atoms with Crippen LogP contribution in [0.4, 0.5) is 5.69 Å². The Morgan fingerprint density at radius 3 is 2.83 bits per heavy atom. The van der Waals surface area contributed by atoms with Crippen LogP contribution in [0.2, 0.25) is 5.02 Å². The van der Waals surface area contributed by atoms with E-state index in [1.54, 1.807) is 29.6 Å². The summed E-state index contributed by atoms with van der Waals surface area (Å²) >= 11 is 7.16. The molecule has 0 N–H and O–H groups in total. The Kier molecular flexibility index (Phi) is 2.84. The highest BCUT2D eigenvalue weighted by molar-refractivity contribution is 7.94. The van der Waals surface area contributed by atoms with Crippen molar-refractivity contribution >= 4 is 38.6 Å². The molecule has 2 aromatic rings. The second-order valence-electron chi connectivity index (χ2n) is 4.03. The zero-order valence-corrected chi connectivity index (χ0v) is 11.7. The van der Waals surface area contributed by atoms with E-state index in [9.17, 15) is 8.42 Å². The van der Waals surface area contributed by atoms with Gasteiger partial charge in [-0.3, -0.25) is 4.31 Å². The highest BCUT2D eigenvalue weighted by Gasteiger charge is 2.31. The summed E-state index contributed by atoms with van der Waals surface area (Å²) in [6.45, 7) is 0.482. The van der Waals surface area contributed by atoms with Gasteiger partial charge in [0.05, 0.1) is 5.69 Å². The molecule has 18 heavy (non-hydrogen) atoms. The largest absolute Gasteiger partial charge is 0.273 e. The number of rotatable bonds is 2. The van der Waals surface area contributed by atoms with Crippen molar-refractivity contribution in [3.05, 3.63) is 46.3 Å². The van der Waals surface area contributed by atoms with Crippen molar-refractivity contribution < 1.29 is 8.42 Å². The summed E-state index contributed by atoms with van der Waals surface area (Å²) in [6, 6.07) is 8.71. The normalized spacial score (nSPS) is 14.8. The molecule has 0 bridgehead atoms. The molecule has 0 saturated heterocycles. The Morgan fingerprint density at radius 1 is 1.28 bits per heavy atom. The Bertz CT molecular complexity index is 680. The zero-order chi connectivity index (χ0) is 12.8. The van der Waals surface area contributed by atoms with Gasteiger partial charge in [-0.05, 0) is 41.6 Å². The van der Waals surface area contributed by atoms with Gasteiger partial charge < -0.3 is 0 Å². The van der Waals surface area contributed by atoms with Crippen molar-refractivity contribution in [3.8, 4) is 0 Å². The van der Waals surface area contributed by atoms with Crippen LogP contribution in [0.25, 0.3) is 0 Å². The first kappa shape index (κ1) is 12.0. The molecule has 0 saturated carbocycles. The molecule has 1 aliphatic heterocycles. The van der Waals surface area contributed by atoms with Crippen LogP contribution in [-0.4, -0.2) is 15.0 Å². The van der Waals surface area contributed by atoms with E-state index in [4.69, 9.17) is 11.6 Å². The molecule has 94 valence electrons. The highest BCUT2D eigenvalue weighted by atomic mass is 35.5. The zero-order valence-electron chi connectivity index (χ0n) is 9.34. The van der Waals surface area contributed by atoms with Crippen LogP contribution in [0.1, 0.15) is 5.56 Å². The maximum atomic E-state index is 12.4. The summed E-state index contributed by atoms with van der Waals surface area (Å²) in [7, 11) is -3.41. The van der Waals surface area contributed by atoms with Gasteiger partial charge in [-0.25, -0.2) is 8.42 Å². The van der Waals surface area contributed by atoms with Gasteiger partial charge in [0.2, 0.25) is 0 Å². The minimum Gasteiger partial charge on any atom is -0.265 e. The van der Waals surface area contributed by atoms with Gasteiger partial charge in [-0.15, -0.1) is 11.3 Å². The first-order valence-electron chi connectivity index (χ1n) is 5.44. The van der Waals surface area contributed by atoms with Crippen LogP contribution in [0, 0.1) is 0 Å². The third-order valence-electron chi connectivity index (χ3n) is 2.93. The van der Waals surface area contributed by atoms with Crippen LogP contribution >= 0.6 is 22.9 Å². The number of fused-ring (bicyclic) bond motifs is 1. The molecular formula is C12H10ClNO2S2. The Labute approximate surface area is 115 Å². The molecule has 1 aromatic heterocycles. The monoisotopic (exact) mass is 299 g/mol. The molecule has 3 nitrogen and oxygen atoms in total. The van der Waals surface area contributed by atoms with Crippen molar-refractivity contribution in [2.75, 3.05) is 10.8 Å². The van der Waals surface area contributed by atoms with Crippen LogP contribution < -0.4 is 4.31 Å². The lowest BCUT2D eigenvalue weighted by atomic mass is 10.2. The number of hydrogen-bond acceptors (Lipinski definition) is 3. The summed E-state index contributed by atoms with van der Waals surface area (Å²) < 4.78 is 26.7. The van der Waals surface area contributed by atoms with E-state index < -0.39 is 10.0 Å². The molecule has 0 spiro atoms. The molecule has 6 heteroatoms. The molecule has 2 heterocycles. The van der Waals surface area contributed by atoms with Gasteiger partial charge in [0, 0.05) is 11.6 Å². The third-order valence-corrected chi connectivity index (χ3v) is 6.36. The van der Waals surface area contributed by atoms with Crippen LogP contribution in [0.15, 0.2) is 39.9 Å². The summed E-state index contributed by atoms with van der Waals surface area (Å²) in [4.78, 5) is 0. The van der Waals surface area contributed by atoms with Gasteiger partial charge in [0.25, 0.3) is 10.0 Å². The summed E-state index contributed by atoms with van der Waals surface area (Å²) in [5, 5.41) is 2.41. The predicted molar refractivity (Wildman–Crippen MR) is 74.0 cm³/mol. The Morgan fingerprint density at radius 2 is 2.11 bits per heavy atom. The van der Waals surface area contributed by atoms with E-state index in [2.05, 4.69) is 0 Å².